The monoisotopic (exact) mass is 430 g/mol. The molecular weight excluding hydrogens is 419 g/mol. The van der Waals surface area contributed by atoms with Gasteiger partial charge in [-0.25, -0.2) is 0 Å². The summed E-state index contributed by atoms with van der Waals surface area (Å²) in [4.78, 5) is 12.5. The van der Waals surface area contributed by atoms with Crippen LogP contribution >= 0.6 is 34.8 Å². The van der Waals surface area contributed by atoms with Crippen LogP contribution in [0.4, 0.5) is 5.69 Å². The van der Waals surface area contributed by atoms with Crippen LogP contribution in [0.25, 0.3) is 17.4 Å². The highest BCUT2D eigenvalue weighted by atomic mass is 35.5. The minimum Gasteiger partial charge on any atom is -0.457 e. The molecule has 0 spiro atoms. The van der Waals surface area contributed by atoms with Gasteiger partial charge in [0.25, 0.3) is 5.91 Å². The molecule has 3 aromatic rings. The van der Waals surface area contributed by atoms with E-state index in [-0.39, 0.29) is 5.57 Å². The maximum absolute atomic E-state index is 12.5. The molecule has 1 amide bonds. The molecule has 140 valence electrons. The average molecular weight is 432 g/mol. The van der Waals surface area contributed by atoms with Gasteiger partial charge in [-0.3, -0.25) is 4.79 Å². The van der Waals surface area contributed by atoms with E-state index >= 15 is 0 Å². The molecule has 0 unspecified atom stereocenters. The van der Waals surface area contributed by atoms with Crippen molar-refractivity contribution < 1.29 is 9.21 Å². The normalized spacial score (nSPS) is 11.2. The summed E-state index contributed by atoms with van der Waals surface area (Å²) in [6.45, 7) is 1.83. The van der Waals surface area contributed by atoms with E-state index in [1.165, 1.54) is 6.08 Å². The van der Waals surface area contributed by atoms with Gasteiger partial charge in [0.05, 0.1) is 5.02 Å². The highest BCUT2D eigenvalue weighted by Crippen LogP contribution is 2.32. The maximum Gasteiger partial charge on any atom is 0.266 e. The Morgan fingerprint density at radius 2 is 1.79 bits per heavy atom. The van der Waals surface area contributed by atoms with Crippen molar-refractivity contribution in [2.24, 2.45) is 0 Å². The van der Waals surface area contributed by atoms with Crippen molar-refractivity contribution in [3.8, 4) is 17.4 Å². The Kier molecular flexibility index (Phi) is 6.11. The van der Waals surface area contributed by atoms with Crippen LogP contribution in [0.1, 0.15) is 11.3 Å². The minimum atomic E-state index is -0.560. The zero-order chi connectivity index (χ0) is 20.3. The summed E-state index contributed by atoms with van der Waals surface area (Å²) in [5, 5.41) is 13.5. The molecule has 2 aromatic carbocycles. The van der Waals surface area contributed by atoms with E-state index in [0.717, 1.165) is 5.56 Å². The quantitative estimate of drug-likeness (QED) is 0.366. The molecular formula is C21H13Cl3N2O2. The molecule has 3 rings (SSSR count). The van der Waals surface area contributed by atoms with Crippen LogP contribution in [-0.2, 0) is 4.79 Å². The van der Waals surface area contributed by atoms with E-state index in [4.69, 9.17) is 39.2 Å². The summed E-state index contributed by atoms with van der Waals surface area (Å²) in [5.41, 5.74) is 1.91. The topological polar surface area (TPSA) is 66.0 Å². The SMILES string of the molecule is Cc1ccc(Cl)cc1NC(=O)/C(C#N)=C/c1ccc(-c2ccc(Cl)cc2Cl)o1. The number of benzene rings is 2. The second kappa shape index (κ2) is 8.53. The lowest BCUT2D eigenvalue weighted by Crippen LogP contribution is -2.14. The number of rotatable bonds is 4. The van der Waals surface area contributed by atoms with Crippen molar-refractivity contribution >= 4 is 52.5 Å². The Bertz CT molecular complexity index is 1130. The van der Waals surface area contributed by atoms with Gasteiger partial charge in [0.15, 0.2) is 0 Å². The molecule has 0 saturated carbocycles. The Morgan fingerprint density at radius 3 is 2.50 bits per heavy atom. The van der Waals surface area contributed by atoms with E-state index in [2.05, 4.69) is 5.32 Å². The molecule has 0 fully saturated rings. The summed E-state index contributed by atoms with van der Waals surface area (Å²) in [7, 11) is 0. The second-order valence-corrected chi connectivity index (χ2v) is 7.19. The highest BCUT2D eigenvalue weighted by Gasteiger charge is 2.14. The van der Waals surface area contributed by atoms with Crippen molar-refractivity contribution in [2.45, 2.75) is 6.92 Å². The number of anilines is 1. The van der Waals surface area contributed by atoms with Crippen molar-refractivity contribution in [1.82, 2.24) is 0 Å². The molecule has 1 aromatic heterocycles. The van der Waals surface area contributed by atoms with Crippen LogP contribution in [0, 0.1) is 18.3 Å². The lowest BCUT2D eigenvalue weighted by molar-refractivity contribution is -0.112. The van der Waals surface area contributed by atoms with Gasteiger partial charge in [0.2, 0.25) is 0 Å². The molecule has 1 N–H and O–H groups in total. The molecule has 0 bridgehead atoms. The average Bonchev–Trinajstić information content (AvgIpc) is 3.11. The van der Waals surface area contributed by atoms with Crippen LogP contribution in [-0.4, -0.2) is 5.91 Å². The first-order valence-electron chi connectivity index (χ1n) is 8.12. The van der Waals surface area contributed by atoms with E-state index < -0.39 is 5.91 Å². The van der Waals surface area contributed by atoms with Gasteiger partial charge in [-0.2, -0.15) is 5.26 Å². The van der Waals surface area contributed by atoms with Gasteiger partial charge in [-0.1, -0.05) is 40.9 Å². The molecule has 0 aliphatic rings. The number of aryl methyl sites for hydroxylation is 1. The standard InChI is InChI=1S/C21H13Cl3N2O2/c1-12-2-3-15(23)10-19(12)26-21(27)13(11-25)8-16-5-7-20(28-16)17-6-4-14(22)9-18(17)24/h2-10H,1H3,(H,26,27)/b13-8+. The number of furan rings is 1. The van der Waals surface area contributed by atoms with Gasteiger partial charge in [-0.05, 0) is 55.0 Å². The zero-order valence-electron chi connectivity index (χ0n) is 14.6. The third kappa shape index (κ3) is 4.58. The number of hydrogen-bond acceptors (Lipinski definition) is 3. The predicted octanol–water partition coefficient (Wildman–Crippen LogP) is 6.76. The fourth-order valence-corrected chi connectivity index (χ4v) is 3.15. The Hall–Kier alpha value is -2.71. The number of halogens is 3. The van der Waals surface area contributed by atoms with Crippen LogP contribution in [0.2, 0.25) is 15.1 Å². The molecule has 0 saturated heterocycles. The molecule has 7 heteroatoms. The minimum absolute atomic E-state index is 0.109. The largest absolute Gasteiger partial charge is 0.457 e. The third-order valence-electron chi connectivity index (χ3n) is 3.92. The number of amides is 1. The highest BCUT2D eigenvalue weighted by molar-refractivity contribution is 6.36. The molecule has 0 radical (unpaired) electrons. The molecule has 4 nitrogen and oxygen atoms in total. The van der Waals surface area contributed by atoms with Crippen LogP contribution in [0.15, 0.2) is 58.5 Å². The lowest BCUT2D eigenvalue weighted by atomic mass is 10.1. The summed E-state index contributed by atoms with van der Waals surface area (Å²) >= 11 is 18.1. The fourth-order valence-electron chi connectivity index (χ4n) is 2.47. The Balaban J connectivity index is 1.85. The fraction of sp³-hybridized carbons (Fsp3) is 0.0476. The lowest BCUT2D eigenvalue weighted by Gasteiger charge is -2.08. The van der Waals surface area contributed by atoms with Crippen molar-refractivity contribution in [3.63, 3.8) is 0 Å². The first kappa shape index (κ1) is 20.0. The van der Waals surface area contributed by atoms with Crippen molar-refractivity contribution in [3.05, 3.63) is 80.5 Å². The van der Waals surface area contributed by atoms with Crippen molar-refractivity contribution in [1.29, 1.82) is 5.26 Å². The van der Waals surface area contributed by atoms with Gasteiger partial charge in [-0.15, -0.1) is 0 Å². The van der Waals surface area contributed by atoms with E-state index in [9.17, 15) is 10.1 Å². The smallest absolute Gasteiger partial charge is 0.266 e. The molecule has 1 heterocycles. The van der Waals surface area contributed by atoms with Crippen molar-refractivity contribution in [2.75, 3.05) is 5.32 Å². The third-order valence-corrected chi connectivity index (χ3v) is 4.71. The Morgan fingerprint density at radius 1 is 1.07 bits per heavy atom. The van der Waals surface area contributed by atoms with E-state index in [1.54, 1.807) is 48.5 Å². The molecule has 28 heavy (non-hydrogen) atoms. The Labute approximate surface area is 176 Å². The van der Waals surface area contributed by atoms with Crippen LogP contribution in [0.3, 0.4) is 0 Å². The summed E-state index contributed by atoms with van der Waals surface area (Å²) in [6, 6.07) is 15.4. The zero-order valence-corrected chi connectivity index (χ0v) is 16.9. The number of carbonyl (C=O) groups is 1. The van der Waals surface area contributed by atoms with Gasteiger partial charge >= 0.3 is 0 Å². The molecule has 0 aliphatic carbocycles. The predicted molar refractivity (Wildman–Crippen MR) is 113 cm³/mol. The maximum atomic E-state index is 12.5. The van der Waals surface area contributed by atoms with E-state index in [1.807, 2.05) is 13.0 Å². The number of hydrogen-bond donors (Lipinski definition) is 1. The first-order chi connectivity index (χ1) is 13.4. The number of nitriles is 1. The molecule has 0 aliphatic heterocycles. The van der Waals surface area contributed by atoms with E-state index in [0.29, 0.717) is 37.8 Å². The van der Waals surface area contributed by atoms with Gasteiger partial charge in [0.1, 0.15) is 23.2 Å². The van der Waals surface area contributed by atoms with Crippen LogP contribution in [0.5, 0.6) is 0 Å². The van der Waals surface area contributed by atoms with Gasteiger partial charge in [0, 0.05) is 27.4 Å². The summed E-state index contributed by atoms with van der Waals surface area (Å²) in [5.74, 6) is 0.280. The number of nitrogens with one attached hydrogen (secondary N) is 1. The summed E-state index contributed by atoms with van der Waals surface area (Å²) < 4.78 is 5.71. The summed E-state index contributed by atoms with van der Waals surface area (Å²) in [6.07, 6.45) is 1.36. The van der Waals surface area contributed by atoms with Gasteiger partial charge < -0.3 is 9.73 Å². The number of carbonyl (C=O) groups excluding carboxylic acids is 1. The number of nitrogens with zero attached hydrogens (tertiary/aromatic N) is 1. The second-order valence-electron chi connectivity index (χ2n) is 5.91. The van der Waals surface area contributed by atoms with Crippen LogP contribution < -0.4 is 5.32 Å². The first-order valence-corrected chi connectivity index (χ1v) is 9.25. The molecule has 0 atom stereocenters.